The second-order valence-corrected chi connectivity index (χ2v) is 13.0. The summed E-state index contributed by atoms with van der Waals surface area (Å²) in [5.41, 5.74) is 6.27. The number of likely N-dealkylation sites (N-methyl/N-ethyl adjacent to an activating group) is 1. The van der Waals surface area contributed by atoms with Gasteiger partial charge in [-0.05, 0) is 69.0 Å². The molecule has 0 bridgehead atoms. The van der Waals surface area contributed by atoms with Crippen molar-refractivity contribution in [2.45, 2.75) is 71.6 Å². The van der Waals surface area contributed by atoms with Crippen molar-refractivity contribution in [1.29, 1.82) is 0 Å². The Bertz CT molecular complexity index is 1490. The fraction of sp³-hybridized carbons (Fsp3) is 0.600. The van der Waals surface area contributed by atoms with Crippen LogP contribution in [0.15, 0.2) is 33.8 Å². The summed E-state index contributed by atoms with van der Waals surface area (Å²) >= 11 is 2.35. The third-order valence-corrected chi connectivity index (χ3v) is 9.02. The summed E-state index contributed by atoms with van der Waals surface area (Å²) in [7, 11) is 2.08. The molecule has 49 heavy (non-hydrogen) atoms. The highest BCUT2D eigenvalue weighted by Crippen LogP contribution is 2.27. The molecule has 6 rings (SSSR count). The number of aromatic nitrogens is 4. The van der Waals surface area contributed by atoms with E-state index >= 15 is 0 Å². The SMILES string of the molecule is C#COc1nsnc1C1=CCCN(C)C1.CCCCCCOC1=NCN=C1C1=CCCNC1.CCCCOc1nsnc1C1=CCCNC1. The Hall–Kier alpha value is -3.48. The van der Waals surface area contributed by atoms with Crippen molar-refractivity contribution in [3.05, 3.63) is 35.2 Å². The highest BCUT2D eigenvalue weighted by Gasteiger charge is 2.21. The van der Waals surface area contributed by atoms with Gasteiger partial charge in [-0.1, -0.05) is 64.2 Å². The van der Waals surface area contributed by atoms with E-state index in [-0.39, 0.29) is 0 Å². The summed E-state index contributed by atoms with van der Waals surface area (Å²) in [6.45, 7) is 12.2. The molecule has 4 aliphatic rings. The number of terminal acetylenes is 1. The van der Waals surface area contributed by atoms with Gasteiger partial charge in [-0.2, -0.15) is 8.75 Å². The highest BCUT2D eigenvalue weighted by atomic mass is 32.1. The number of unbranched alkanes of at least 4 members (excludes halogenated alkanes) is 4. The number of aliphatic imine (C=N–C) groups is 2. The van der Waals surface area contributed by atoms with Crippen LogP contribution in [0.5, 0.6) is 11.8 Å². The van der Waals surface area contributed by atoms with Gasteiger partial charge in [-0.15, -0.1) is 8.75 Å². The van der Waals surface area contributed by atoms with Crippen LogP contribution in [0.4, 0.5) is 0 Å². The standard InChI is InChI=1S/C14H23N3O.C11H17N3OS.C10H11N3OS/c1-2-3-4-5-9-18-14-13(16-11-17-14)12-7-6-8-15-10-12;1-2-3-7-15-11-10(13-16-14-11)9-5-4-6-12-8-9;1-3-14-10-9(11-15-12-10)8-5-4-6-13(2)7-8/h7,15H,2-6,8-11H2,1H3;5,12H,2-4,6-8H2,1H3;1,5H,4,6-7H2,2H3. The largest absolute Gasteiger partial charge is 0.476 e. The molecule has 14 heteroatoms. The zero-order chi connectivity index (χ0) is 34.5. The van der Waals surface area contributed by atoms with E-state index in [4.69, 9.17) is 20.6 Å². The van der Waals surface area contributed by atoms with Gasteiger partial charge in [0, 0.05) is 26.2 Å². The zero-order valence-electron chi connectivity index (χ0n) is 29.2. The summed E-state index contributed by atoms with van der Waals surface area (Å²) in [5.74, 6) is 1.90. The van der Waals surface area contributed by atoms with Crippen LogP contribution in [-0.2, 0) is 4.74 Å². The molecule has 2 aromatic heterocycles. The molecule has 2 N–H and O–H groups in total. The Balaban J connectivity index is 0.000000166. The number of ether oxygens (including phenoxy) is 3. The molecule has 4 aliphatic heterocycles. The molecule has 0 aliphatic carbocycles. The lowest BCUT2D eigenvalue weighted by molar-refractivity contribution is 0.298. The molecule has 0 unspecified atom stereocenters. The number of nitrogens with one attached hydrogen (secondary N) is 2. The maximum atomic E-state index is 5.77. The number of hydrogen-bond acceptors (Lipinski definition) is 14. The van der Waals surface area contributed by atoms with E-state index in [9.17, 15) is 0 Å². The van der Waals surface area contributed by atoms with Crippen molar-refractivity contribution < 1.29 is 14.2 Å². The van der Waals surface area contributed by atoms with Crippen molar-refractivity contribution >= 4 is 46.2 Å². The molecule has 0 radical (unpaired) electrons. The van der Waals surface area contributed by atoms with Crippen LogP contribution >= 0.6 is 23.5 Å². The van der Waals surface area contributed by atoms with E-state index in [1.54, 1.807) is 0 Å². The summed E-state index contributed by atoms with van der Waals surface area (Å²) in [6.07, 6.45) is 24.1. The lowest BCUT2D eigenvalue weighted by atomic mass is 10.1. The van der Waals surface area contributed by atoms with Crippen LogP contribution in [0.3, 0.4) is 0 Å². The molecule has 0 atom stereocenters. The van der Waals surface area contributed by atoms with Crippen LogP contribution in [0.2, 0.25) is 0 Å². The predicted octanol–water partition coefficient (Wildman–Crippen LogP) is 5.63. The van der Waals surface area contributed by atoms with Gasteiger partial charge in [0.15, 0.2) is 0 Å². The fourth-order valence-electron chi connectivity index (χ4n) is 5.36. The van der Waals surface area contributed by atoms with Crippen molar-refractivity contribution in [1.82, 2.24) is 33.0 Å². The summed E-state index contributed by atoms with van der Waals surface area (Å²) in [4.78, 5) is 11.0. The topological polar surface area (TPSA) is 131 Å². The molecule has 0 saturated heterocycles. The van der Waals surface area contributed by atoms with Crippen LogP contribution < -0.4 is 20.1 Å². The van der Waals surface area contributed by atoms with E-state index in [0.717, 1.165) is 131 Å². The normalized spacial score (nSPS) is 17.5. The van der Waals surface area contributed by atoms with E-state index < -0.39 is 0 Å². The molecule has 2 aromatic rings. The van der Waals surface area contributed by atoms with Crippen molar-refractivity contribution in [2.24, 2.45) is 9.98 Å². The van der Waals surface area contributed by atoms with Crippen LogP contribution in [0.25, 0.3) is 11.1 Å². The molecule has 266 valence electrons. The molecule has 12 nitrogen and oxygen atoms in total. The van der Waals surface area contributed by atoms with Crippen molar-refractivity contribution in [3.63, 3.8) is 0 Å². The van der Waals surface area contributed by atoms with E-state index in [1.165, 1.54) is 42.1 Å². The Morgan fingerprint density at radius 2 is 1.45 bits per heavy atom. The molecule has 0 amide bonds. The van der Waals surface area contributed by atoms with Gasteiger partial charge in [0.2, 0.25) is 5.90 Å². The summed E-state index contributed by atoms with van der Waals surface area (Å²) < 4.78 is 33.1. The molecular formula is C35H51N9O3S2. The maximum absolute atomic E-state index is 5.77. The fourth-order valence-corrected chi connectivity index (χ4v) is 6.41. The van der Waals surface area contributed by atoms with E-state index in [0.29, 0.717) is 18.4 Å². The third-order valence-electron chi connectivity index (χ3n) is 8.00. The summed E-state index contributed by atoms with van der Waals surface area (Å²) in [5, 5.41) is 6.69. The number of rotatable bonds is 13. The molecule has 0 fully saturated rings. The average Bonchev–Trinajstić information content (AvgIpc) is 3.92. The minimum Gasteiger partial charge on any atom is -0.476 e. The molecule has 0 saturated carbocycles. The van der Waals surface area contributed by atoms with Gasteiger partial charge >= 0.3 is 0 Å². The van der Waals surface area contributed by atoms with Crippen LogP contribution in [-0.4, -0.2) is 100 Å². The second-order valence-electron chi connectivity index (χ2n) is 11.9. The number of nitrogens with zero attached hydrogens (tertiary/aromatic N) is 7. The van der Waals surface area contributed by atoms with E-state index in [2.05, 4.69) is 88.2 Å². The minimum absolute atomic E-state index is 0.448. The quantitative estimate of drug-likeness (QED) is 0.199. The summed E-state index contributed by atoms with van der Waals surface area (Å²) in [6, 6.07) is 0. The molecule has 0 spiro atoms. The Morgan fingerprint density at radius 1 is 0.776 bits per heavy atom. The molecular weight excluding hydrogens is 659 g/mol. The van der Waals surface area contributed by atoms with Gasteiger partial charge in [-0.3, -0.25) is 4.99 Å². The highest BCUT2D eigenvalue weighted by molar-refractivity contribution is 6.99. The van der Waals surface area contributed by atoms with Crippen molar-refractivity contribution in [3.8, 4) is 24.3 Å². The number of hydrogen-bond donors (Lipinski definition) is 2. The molecule has 0 aromatic carbocycles. The Morgan fingerprint density at radius 3 is 2.12 bits per heavy atom. The first-order valence-electron chi connectivity index (χ1n) is 17.4. The third kappa shape index (κ3) is 12.7. The first kappa shape index (κ1) is 38.3. The lowest BCUT2D eigenvalue weighted by Gasteiger charge is -2.21. The minimum atomic E-state index is 0.448. The Kier molecular flexibility index (Phi) is 17.4. The van der Waals surface area contributed by atoms with Gasteiger partial charge in [-0.25, -0.2) is 4.99 Å². The van der Waals surface area contributed by atoms with Crippen LogP contribution in [0.1, 0.15) is 83.0 Å². The Labute approximate surface area is 299 Å². The first-order chi connectivity index (χ1) is 24.1. The van der Waals surface area contributed by atoms with E-state index in [1.807, 2.05) is 0 Å². The van der Waals surface area contributed by atoms with Crippen molar-refractivity contribution in [2.75, 3.05) is 66.2 Å². The van der Waals surface area contributed by atoms with Gasteiger partial charge in [0.1, 0.15) is 29.9 Å². The monoisotopic (exact) mass is 709 g/mol. The first-order valence-corrected chi connectivity index (χ1v) is 18.9. The average molecular weight is 710 g/mol. The second kappa shape index (κ2) is 22.3. The smallest absolute Gasteiger partial charge is 0.269 e. The predicted molar refractivity (Wildman–Crippen MR) is 201 cm³/mol. The zero-order valence-corrected chi connectivity index (χ0v) is 30.8. The van der Waals surface area contributed by atoms with Gasteiger partial charge in [0.05, 0.1) is 36.7 Å². The molecule has 6 heterocycles. The maximum Gasteiger partial charge on any atom is 0.269 e. The van der Waals surface area contributed by atoms with Crippen LogP contribution in [0, 0.1) is 12.5 Å². The van der Waals surface area contributed by atoms with Gasteiger partial charge in [0.25, 0.3) is 11.8 Å². The lowest BCUT2D eigenvalue weighted by Crippen LogP contribution is -2.29. The van der Waals surface area contributed by atoms with Gasteiger partial charge < -0.3 is 29.7 Å².